The maximum absolute atomic E-state index is 5.97. The molecule has 1 atom stereocenters. The average molecular weight is 272 g/mol. The first kappa shape index (κ1) is 12.2. The van der Waals surface area contributed by atoms with Gasteiger partial charge in [-0.15, -0.1) is 11.6 Å². The van der Waals surface area contributed by atoms with Crippen LogP contribution in [0.2, 0.25) is 0 Å². The Morgan fingerprint density at radius 1 is 1.16 bits per heavy atom. The fourth-order valence-corrected chi connectivity index (χ4v) is 2.60. The van der Waals surface area contributed by atoms with Crippen molar-refractivity contribution in [3.63, 3.8) is 0 Å². The molecule has 0 aliphatic carbocycles. The van der Waals surface area contributed by atoms with Crippen LogP contribution in [0.5, 0.6) is 0 Å². The van der Waals surface area contributed by atoms with Crippen LogP contribution in [-0.2, 0) is 0 Å². The normalized spacial score (nSPS) is 12.7. The van der Waals surface area contributed by atoms with Crippen molar-refractivity contribution in [2.45, 2.75) is 12.5 Å². The quantitative estimate of drug-likeness (QED) is 0.678. The Morgan fingerprint density at radius 3 is 2.79 bits per heavy atom. The standard InChI is InChI=1S/C15H14ClN3/c16-8-6-14(12-4-2-1-3-5-12)19-9-7-13-10-17-11-18-15(13)19/h1-5,7,9-11,14H,6,8H2. The smallest absolute Gasteiger partial charge is 0.143 e. The monoisotopic (exact) mass is 271 g/mol. The molecule has 96 valence electrons. The topological polar surface area (TPSA) is 30.7 Å². The lowest BCUT2D eigenvalue weighted by Crippen LogP contribution is -2.11. The van der Waals surface area contributed by atoms with Crippen LogP contribution in [0, 0.1) is 0 Å². The minimum Gasteiger partial charge on any atom is -0.325 e. The van der Waals surface area contributed by atoms with Crippen molar-refractivity contribution >= 4 is 22.6 Å². The molecule has 0 aliphatic rings. The number of hydrogen-bond donors (Lipinski definition) is 0. The van der Waals surface area contributed by atoms with E-state index in [1.54, 1.807) is 6.33 Å². The van der Waals surface area contributed by atoms with Crippen LogP contribution in [0.15, 0.2) is 55.1 Å². The van der Waals surface area contributed by atoms with E-state index in [-0.39, 0.29) is 6.04 Å². The number of benzene rings is 1. The zero-order valence-electron chi connectivity index (χ0n) is 10.4. The highest BCUT2D eigenvalue weighted by molar-refractivity contribution is 6.17. The Bertz CT molecular complexity index is 663. The maximum Gasteiger partial charge on any atom is 0.143 e. The van der Waals surface area contributed by atoms with Crippen LogP contribution in [0.1, 0.15) is 18.0 Å². The molecular formula is C15H14ClN3. The number of halogens is 1. The Hall–Kier alpha value is -1.87. The molecule has 0 saturated heterocycles. The Labute approximate surface area is 116 Å². The largest absolute Gasteiger partial charge is 0.325 e. The molecule has 0 bridgehead atoms. The fourth-order valence-electron chi connectivity index (χ4n) is 2.39. The predicted octanol–water partition coefficient (Wildman–Crippen LogP) is 3.65. The van der Waals surface area contributed by atoms with E-state index in [2.05, 4.69) is 45.0 Å². The van der Waals surface area contributed by atoms with Crippen LogP contribution in [-0.4, -0.2) is 20.4 Å². The number of fused-ring (bicyclic) bond motifs is 1. The van der Waals surface area contributed by atoms with Crippen molar-refractivity contribution in [2.24, 2.45) is 0 Å². The summed E-state index contributed by atoms with van der Waals surface area (Å²) < 4.78 is 2.18. The van der Waals surface area contributed by atoms with Gasteiger partial charge in [0.15, 0.2) is 0 Å². The number of rotatable bonds is 4. The van der Waals surface area contributed by atoms with E-state index in [0.717, 1.165) is 17.5 Å². The second-order valence-electron chi connectivity index (χ2n) is 4.43. The Balaban J connectivity index is 2.10. The highest BCUT2D eigenvalue weighted by Gasteiger charge is 2.15. The van der Waals surface area contributed by atoms with Gasteiger partial charge in [-0.2, -0.15) is 0 Å². The molecule has 2 aromatic heterocycles. The second-order valence-corrected chi connectivity index (χ2v) is 4.81. The zero-order valence-corrected chi connectivity index (χ0v) is 11.2. The van der Waals surface area contributed by atoms with Crippen molar-refractivity contribution in [1.29, 1.82) is 0 Å². The molecule has 19 heavy (non-hydrogen) atoms. The van der Waals surface area contributed by atoms with Gasteiger partial charge in [-0.05, 0) is 18.1 Å². The molecule has 3 rings (SSSR count). The number of aromatic nitrogens is 3. The van der Waals surface area contributed by atoms with E-state index in [0.29, 0.717) is 5.88 Å². The molecule has 3 aromatic rings. The summed E-state index contributed by atoms with van der Waals surface area (Å²) in [4.78, 5) is 8.43. The number of alkyl halides is 1. The predicted molar refractivity (Wildman–Crippen MR) is 77.4 cm³/mol. The van der Waals surface area contributed by atoms with E-state index >= 15 is 0 Å². The second kappa shape index (κ2) is 5.41. The van der Waals surface area contributed by atoms with Gasteiger partial charge in [0.2, 0.25) is 0 Å². The molecule has 0 N–H and O–H groups in total. The highest BCUT2D eigenvalue weighted by atomic mass is 35.5. The molecule has 1 aromatic carbocycles. The van der Waals surface area contributed by atoms with Crippen LogP contribution in [0.25, 0.3) is 11.0 Å². The number of hydrogen-bond acceptors (Lipinski definition) is 2. The molecule has 3 nitrogen and oxygen atoms in total. The van der Waals surface area contributed by atoms with Gasteiger partial charge in [0.05, 0.1) is 6.04 Å². The summed E-state index contributed by atoms with van der Waals surface area (Å²) in [6, 6.07) is 12.6. The molecule has 0 spiro atoms. The van der Waals surface area contributed by atoms with Crippen LogP contribution in [0.4, 0.5) is 0 Å². The van der Waals surface area contributed by atoms with Crippen molar-refractivity contribution in [2.75, 3.05) is 5.88 Å². The minimum atomic E-state index is 0.214. The molecule has 0 aliphatic heterocycles. The van der Waals surface area contributed by atoms with Gasteiger partial charge < -0.3 is 4.57 Å². The average Bonchev–Trinajstić information content (AvgIpc) is 2.89. The van der Waals surface area contributed by atoms with Gasteiger partial charge in [-0.3, -0.25) is 0 Å². The molecule has 0 amide bonds. The number of nitrogens with zero attached hydrogens (tertiary/aromatic N) is 3. The first-order valence-electron chi connectivity index (χ1n) is 6.27. The lowest BCUT2D eigenvalue weighted by Gasteiger charge is -2.19. The summed E-state index contributed by atoms with van der Waals surface area (Å²) in [7, 11) is 0. The fraction of sp³-hybridized carbons (Fsp3) is 0.200. The minimum absolute atomic E-state index is 0.214. The van der Waals surface area contributed by atoms with Gasteiger partial charge in [0.25, 0.3) is 0 Å². The third-order valence-corrected chi connectivity index (χ3v) is 3.50. The third kappa shape index (κ3) is 2.34. The Kier molecular flexibility index (Phi) is 3.47. The molecule has 0 radical (unpaired) electrons. The summed E-state index contributed by atoms with van der Waals surface area (Å²) in [6.07, 6.45) is 6.35. The highest BCUT2D eigenvalue weighted by Crippen LogP contribution is 2.26. The molecule has 1 unspecified atom stereocenters. The van der Waals surface area contributed by atoms with E-state index in [9.17, 15) is 0 Å². The Morgan fingerprint density at radius 2 is 2.00 bits per heavy atom. The first-order chi connectivity index (χ1) is 9.40. The molecule has 4 heteroatoms. The van der Waals surface area contributed by atoms with E-state index in [4.69, 9.17) is 11.6 Å². The van der Waals surface area contributed by atoms with Crippen molar-refractivity contribution in [1.82, 2.24) is 14.5 Å². The van der Waals surface area contributed by atoms with Gasteiger partial charge in [-0.1, -0.05) is 30.3 Å². The van der Waals surface area contributed by atoms with Crippen molar-refractivity contribution < 1.29 is 0 Å². The van der Waals surface area contributed by atoms with Gasteiger partial charge in [-0.25, -0.2) is 9.97 Å². The van der Waals surface area contributed by atoms with E-state index in [1.165, 1.54) is 5.56 Å². The summed E-state index contributed by atoms with van der Waals surface area (Å²) in [6.45, 7) is 0. The summed E-state index contributed by atoms with van der Waals surface area (Å²) in [5.41, 5.74) is 2.20. The molecular weight excluding hydrogens is 258 g/mol. The van der Waals surface area contributed by atoms with Gasteiger partial charge in [0, 0.05) is 23.7 Å². The lowest BCUT2D eigenvalue weighted by atomic mass is 10.0. The van der Waals surface area contributed by atoms with Gasteiger partial charge >= 0.3 is 0 Å². The molecule has 0 fully saturated rings. The van der Waals surface area contributed by atoms with Gasteiger partial charge in [0.1, 0.15) is 12.0 Å². The third-order valence-electron chi connectivity index (χ3n) is 3.28. The van der Waals surface area contributed by atoms with Crippen LogP contribution >= 0.6 is 11.6 Å². The van der Waals surface area contributed by atoms with E-state index < -0.39 is 0 Å². The lowest BCUT2D eigenvalue weighted by molar-refractivity contribution is 0.584. The zero-order chi connectivity index (χ0) is 13.1. The van der Waals surface area contributed by atoms with Crippen molar-refractivity contribution in [3.8, 4) is 0 Å². The van der Waals surface area contributed by atoms with Crippen LogP contribution in [0.3, 0.4) is 0 Å². The molecule has 2 heterocycles. The summed E-state index contributed by atoms with van der Waals surface area (Å²) in [5.74, 6) is 0.615. The van der Waals surface area contributed by atoms with Crippen LogP contribution < -0.4 is 0 Å². The maximum atomic E-state index is 5.97. The van der Waals surface area contributed by atoms with E-state index in [1.807, 2.05) is 18.3 Å². The summed E-state index contributed by atoms with van der Waals surface area (Å²) in [5, 5.41) is 1.05. The summed E-state index contributed by atoms with van der Waals surface area (Å²) >= 11 is 5.97. The van der Waals surface area contributed by atoms with Crippen molar-refractivity contribution in [3.05, 3.63) is 60.7 Å². The first-order valence-corrected chi connectivity index (χ1v) is 6.81. The SMILES string of the molecule is ClCCC(c1ccccc1)n1ccc2cncnc21. The molecule has 0 saturated carbocycles.